The van der Waals surface area contributed by atoms with Crippen LogP contribution in [0.2, 0.25) is 0 Å². The second-order valence-corrected chi connectivity index (χ2v) is 8.37. The van der Waals surface area contributed by atoms with Crippen LogP contribution in [0, 0.1) is 5.82 Å². The maximum atomic E-state index is 13.7. The van der Waals surface area contributed by atoms with Gasteiger partial charge in [-0.3, -0.25) is 0 Å². The van der Waals surface area contributed by atoms with E-state index in [1.807, 2.05) is 30.3 Å². The smallest absolute Gasteiger partial charge is 0.243 e. The Bertz CT molecular complexity index is 820. The van der Waals surface area contributed by atoms with Crippen molar-refractivity contribution in [2.75, 3.05) is 13.1 Å². The van der Waals surface area contributed by atoms with Gasteiger partial charge in [0.25, 0.3) is 0 Å². The number of hydrogen-bond acceptors (Lipinski definition) is 3. The zero-order chi connectivity index (χ0) is 16.6. The van der Waals surface area contributed by atoms with Crippen LogP contribution in [0.25, 0.3) is 0 Å². The Labute approximate surface area is 155 Å². The molecule has 1 fully saturated rings. The lowest BCUT2D eigenvalue weighted by molar-refractivity contribution is 0.469. The highest BCUT2D eigenvalue weighted by molar-refractivity contribution is 9.10. The van der Waals surface area contributed by atoms with Gasteiger partial charge in [-0.2, -0.15) is 4.31 Å². The third kappa shape index (κ3) is 3.65. The van der Waals surface area contributed by atoms with Gasteiger partial charge in [-0.05, 0) is 39.7 Å². The third-order valence-corrected chi connectivity index (χ3v) is 6.56. The van der Waals surface area contributed by atoms with Gasteiger partial charge in [-0.15, -0.1) is 12.4 Å². The molecule has 130 valence electrons. The van der Waals surface area contributed by atoms with E-state index in [2.05, 4.69) is 15.9 Å². The lowest BCUT2D eigenvalue weighted by atomic mass is 9.95. The van der Waals surface area contributed by atoms with Crippen molar-refractivity contribution in [1.82, 2.24) is 4.31 Å². The van der Waals surface area contributed by atoms with Gasteiger partial charge in [0.2, 0.25) is 10.0 Å². The Hall–Kier alpha value is -0.990. The van der Waals surface area contributed by atoms with Crippen LogP contribution >= 0.6 is 28.3 Å². The zero-order valence-electron chi connectivity index (χ0n) is 12.6. The molecular formula is C16H17BrClFN2O2S. The molecule has 3 rings (SSSR count). The maximum Gasteiger partial charge on any atom is 0.243 e. The molecule has 4 nitrogen and oxygen atoms in total. The summed E-state index contributed by atoms with van der Waals surface area (Å²) in [6.45, 7) is 0.519. The van der Waals surface area contributed by atoms with Crippen molar-refractivity contribution in [3.8, 4) is 0 Å². The number of benzene rings is 2. The predicted molar refractivity (Wildman–Crippen MR) is 97.3 cm³/mol. The van der Waals surface area contributed by atoms with Crippen LogP contribution in [0.3, 0.4) is 0 Å². The lowest BCUT2D eigenvalue weighted by Crippen LogP contribution is -2.32. The van der Waals surface area contributed by atoms with E-state index < -0.39 is 15.8 Å². The van der Waals surface area contributed by atoms with E-state index in [4.69, 9.17) is 5.73 Å². The summed E-state index contributed by atoms with van der Waals surface area (Å²) in [6.07, 6.45) is 0. The Morgan fingerprint density at radius 1 is 1.12 bits per heavy atom. The molecule has 24 heavy (non-hydrogen) atoms. The average Bonchev–Trinajstić information content (AvgIpc) is 2.93. The Morgan fingerprint density at radius 3 is 2.42 bits per heavy atom. The van der Waals surface area contributed by atoms with Crippen LogP contribution in [0.5, 0.6) is 0 Å². The average molecular weight is 436 g/mol. The Kier molecular flexibility index (Phi) is 6.04. The molecule has 0 saturated carbocycles. The van der Waals surface area contributed by atoms with Crippen LogP contribution in [-0.2, 0) is 10.0 Å². The van der Waals surface area contributed by atoms with Crippen LogP contribution in [-0.4, -0.2) is 31.9 Å². The fourth-order valence-electron chi connectivity index (χ4n) is 2.83. The highest BCUT2D eigenvalue weighted by Crippen LogP contribution is 2.31. The molecule has 2 aromatic rings. The van der Waals surface area contributed by atoms with Gasteiger partial charge in [0, 0.05) is 25.0 Å². The first-order chi connectivity index (χ1) is 10.9. The van der Waals surface area contributed by atoms with Gasteiger partial charge in [-0.1, -0.05) is 30.3 Å². The number of hydrogen-bond donors (Lipinski definition) is 1. The lowest BCUT2D eigenvalue weighted by Gasteiger charge is -2.17. The van der Waals surface area contributed by atoms with Crippen molar-refractivity contribution in [3.05, 3.63) is 64.4 Å². The Morgan fingerprint density at radius 2 is 1.79 bits per heavy atom. The van der Waals surface area contributed by atoms with Gasteiger partial charge in [0.1, 0.15) is 5.82 Å². The molecule has 0 radical (unpaired) electrons. The topological polar surface area (TPSA) is 63.4 Å². The molecule has 1 aliphatic rings. The van der Waals surface area contributed by atoms with E-state index in [1.165, 1.54) is 16.4 Å². The second-order valence-electron chi connectivity index (χ2n) is 5.58. The molecule has 0 amide bonds. The number of nitrogens with zero attached hydrogens (tertiary/aromatic N) is 1. The standard InChI is InChI=1S/C16H16BrFN2O2S.ClH/c17-14-7-6-12(8-15(14)18)23(21,22)20-9-13(16(19)10-20)11-4-2-1-3-5-11;/h1-8,13,16H,9-10,19H2;1H/t13-,16+;/m0./s1. The molecule has 0 bridgehead atoms. The fourth-order valence-corrected chi connectivity index (χ4v) is 4.59. The minimum atomic E-state index is -3.76. The summed E-state index contributed by atoms with van der Waals surface area (Å²) in [4.78, 5) is -0.0564. The predicted octanol–water partition coefficient (Wildman–Crippen LogP) is 3.13. The molecular weight excluding hydrogens is 419 g/mol. The van der Waals surface area contributed by atoms with Crippen LogP contribution < -0.4 is 5.73 Å². The summed E-state index contributed by atoms with van der Waals surface area (Å²) < 4.78 is 40.6. The van der Waals surface area contributed by atoms with E-state index in [0.717, 1.165) is 11.6 Å². The van der Waals surface area contributed by atoms with Crippen molar-refractivity contribution in [1.29, 1.82) is 0 Å². The number of rotatable bonds is 3. The Balaban J connectivity index is 0.00000208. The van der Waals surface area contributed by atoms with E-state index in [9.17, 15) is 12.8 Å². The molecule has 0 aromatic heterocycles. The maximum absolute atomic E-state index is 13.7. The summed E-state index contributed by atoms with van der Waals surface area (Å²) >= 11 is 3.03. The summed E-state index contributed by atoms with van der Waals surface area (Å²) in [5.41, 5.74) is 7.16. The number of sulfonamides is 1. The van der Waals surface area contributed by atoms with Crippen molar-refractivity contribution in [3.63, 3.8) is 0 Å². The van der Waals surface area contributed by atoms with E-state index in [-0.39, 0.29) is 40.3 Å². The molecule has 0 aliphatic carbocycles. The first kappa shape index (κ1) is 19.3. The molecule has 2 aromatic carbocycles. The number of halogens is 3. The first-order valence-corrected chi connectivity index (χ1v) is 9.38. The highest BCUT2D eigenvalue weighted by Gasteiger charge is 2.38. The van der Waals surface area contributed by atoms with E-state index in [1.54, 1.807) is 0 Å². The fraction of sp³-hybridized carbons (Fsp3) is 0.250. The summed E-state index contributed by atoms with van der Waals surface area (Å²) in [7, 11) is -3.76. The van der Waals surface area contributed by atoms with Gasteiger partial charge in [0.15, 0.2) is 0 Å². The van der Waals surface area contributed by atoms with Crippen molar-refractivity contribution >= 4 is 38.4 Å². The van der Waals surface area contributed by atoms with Gasteiger partial charge in [0.05, 0.1) is 9.37 Å². The SMILES string of the molecule is Cl.N[C@@H]1CN(S(=O)(=O)c2ccc(Br)c(F)c2)C[C@H]1c1ccccc1. The second kappa shape index (κ2) is 7.49. The minimum Gasteiger partial charge on any atom is -0.326 e. The monoisotopic (exact) mass is 434 g/mol. The molecule has 0 spiro atoms. The van der Waals surface area contributed by atoms with E-state index >= 15 is 0 Å². The summed E-state index contributed by atoms with van der Waals surface area (Å²) in [5.74, 6) is -0.666. The van der Waals surface area contributed by atoms with Crippen LogP contribution in [0.4, 0.5) is 4.39 Å². The molecule has 8 heteroatoms. The van der Waals surface area contributed by atoms with Crippen molar-refractivity contribution < 1.29 is 12.8 Å². The molecule has 2 N–H and O–H groups in total. The van der Waals surface area contributed by atoms with Crippen LogP contribution in [0.1, 0.15) is 11.5 Å². The normalized spacial score (nSPS) is 21.5. The van der Waals surface area contributed by atoms with Gasteiger partial charge in [-0.25, -0.2) is 12.8 Å². The van der Waals surface area contributed by atoms with E-state index in [0.29, 0.717) is 6.54 Å². The quantitative estimate of drug-likeness (QED) is 0.806. The summed E-state index contributed by atoms with van der Waals surface area (Å²) in [5, 5.41) is 0. The molecule has 2 atom stereocenters. The largest absolute Gasteiger partial charge is 0.326 e. The highest BCUT2D eigenvalue weighted by atomic mass is 79.9. The molecule has 1 saturated heterocycles. The molecule has 1 aliphatic heterocycles. The zero-order valence-corrected chi connectivity index (χ0v) is 15.8. The minimum absolute atomic E-state index is 0. The molecule has 1 heterocycles. The summed E-state index contributed by atoms with van der Waals surface area (Å²) in [6, 6.07) is 13.1. The van der Waals surface area contributed by atoms with Crippen molar-refractivity contribution in [2.24, 2.45) is 5.73 Å². The third-order valence-electron chi connectivity index (χ3n) is 4.09. The first-order valence-electron chi connectivity index (χ1n) is 7.15. The molecule has 0 unspecified atom stereocenters. The van der Waals surface area contributed by atoms with Gasteiger partial charge < -0.3 is 5.73 Å². The van der Waals surface area contributed by atoms with Crippen molar-refractivity contribution in [2.45, 2.75) is 16.9 Å². The van der Waals surface area contributed by atoms with Crippen LogP contribution in [0.15, 0.2) is 57.9 Å². The number of nitrogens with two attached hydrogens (primary N) is 1. The van der Waals surface area contributed by atoms with Gasteiger partial charge >= 0.3 is 0 Å².